The van der Waals surface area contributed by atoms with E-state index in [1.54, 1.807) is 31.3 Å². The quantitative estimate of drug-likeness (QED) is 0.700. The lowest BCUT2D eigenvalue weighted by atomic mass is 9.82. The number of anilines is 1. The maximum absolute atomic E-state index is 13.0. The molecule has 2 aromatic rings. The van der Waals surface area contributed by atoms with E-state index in [0.29, 0.717) is 43.1 Å². The Morgan fingerprint density at radius 1 is 1.13 bits per heavy atom. The second kappa shape index (κ2) is 10.8. The first-order chi connectivity index (χ1) is 14.1. The van der Waals surface area contributed by atoms with E-state index in [2.05, 4.69) is 5.32 Å². The van der Waals surface area contributed by atoms with E-state index in [9.17, 15) is 9.59 Å². The van der Waals surface area contributed by atoms with Crippen LogP contribution in [0.4, 0.5) is 5.69 Å². The summed E-state index contributed by atoms with van der Waals surface area (Å²) in [6.07, 6.45) is 0.753. The third-order valence-corrected chi connectivity index (χ3v) is 5.19. The van der Waals surface area contributed by atoms with Gasteiger partial charge in [0.05, 0.1) is 26.2 Å². The monoisotopic (exact) mass is 433 g/mol. The second-order valence-electron chi connectivity index (χ2n) is 6.87. The zero-order chi connectivity index (χ0) is 20.8. The van der Waals surface area contributed by atoms with Crippen LogP contribution in [0.3, 0.4) is 0 Å². The Kier molecular flexibility index (Phi) is 8.50. The number of hydrogen-bond donors (Lipinski definition) is 2. The van der Waals surface area contributed by atoms with Gasteiger partial charge in [0, 0.05) is 30.8 Å². The standard InChI is InChI=1S/C22H27N3O4.ClH/c1-28-16-9-7-15(8-10-16)25-20(26)12-11-18(22(27)24-14-13-23)21(25)17-5-3-4-6-19(17)29-2;/h3-10,18,21H,11-14,23H2,1-2H3,(H,24,27);1H. The number of carbonyl (C=O) groups excluding carboxylic acids is 2. The first-order valence-corrected chi connectivity index (χ1v) is 9.67. The average Bonchev–Trinajstić information content (AvgIpc) is 2.77. The maximum Gasteiger partial charge on any atom is 0.227 e. The number of halogens is 1. The van der Waals surface area contributed by atoms with Crippen molar-refractivity contribution >= 4 is 29.9 Å². The normalized spacial score (nSPS) is 18.4. The number of nitrogens with zero attached hydrogens (tertiary/aromatic N) is 1. The zero-order valence-electron chi connectivity index (χ0n) is 17.2. The molecule has 3 rings (SSSR count). The SMILES string of the molecule is COc1ccc(N2C(=O)CCC(C(=O)NCCN)C2c2ccccc2OC)cc1.Cl. The van der Waals surface area contributed by atoms with Crippen LogP contribution >= 0.6 is 12.4 Å². The fourth-order valence-electron chi connectivity index (χ4n) is 3.81. The Hall–Kier alpha value is -2.77. The molecule has 2 amide bonds. The fourth-order valence-corrected chi connectivity index (χ4v) is 3.81. The van der Waals surface area contributed by atoms with Crippen molar-refractivity contribution in [3.63, 3.8) is 0 Å². The summed E-state index contributed by atoms with van der Waals surface area (Å²) in [7, 11) is 3.18. The van der Waals surface area contributed by atoms with E-state index in [4.69, 9.17) is 15.2 Å². The number of nitrogens with two attached hydrogens (primary N) is 1. The number of piperidine rings is 1. The van der Waals surface area contributed by atoms with Gasteiger partial charge in [-0.05, 0) is 36.8 Å². The first-order valence-electron chi connectivity index (χ1n) is 9.67. The molecule has 0 bridgehead atoms. The molecule has 2 atom stereocenters. The molecule has 0 spiro atoms. The van der Waals surface area contributed by atoms with Crippen LogP contribution in [0.15, 0.2) is 48.5 Å². The van der Waals surface area contributed by atoms with Gasteiger partial charge in [-0.25, -0.2) is 0 Å². The molecule has 1 saturated heterocycles. The van der Waals surface area contributed by atoms with Crippen molar-refractivity contribution in [2.45, 2.75) is 18.9 Å². The summed E-state index contributed by atoms with van der Waals surface area (Å²) in [4.78, 5) is 27.7. The number of ether oxygens (including phenoxy) is 2. The Morgan fingerprint density at radius 3 is 2.47 bits per heavy atom. The van der Waals surface area contributed by atoms with E-state index in [-0.39, 0.29) is 24.2 Å². The number of nitrogens with one attached hydrogen (secondary N) is 1. The van der Waals surface area contributed by atoms with Gasteiger partial charge in [-0.2, -0.15) is 0 Å². The van der Waals surface area contributed by atoms with Gasteiger partial charge in [-0.1, -0.05) is 18.2 Å². The van der Waals surface area contributed by atoms with Crippen LogP contribution in [0.25, 0.3) is 0 Å². The third-order valence-electron chi connectivity index (χ3n) is 5.19. The molecule has 1 aliphatic rings. The maximum atomic E-state index is 13.0. The summed E-state index contributed by atoms with van der Waals surface area (Å²) in [5.41, 5.74) is 7.06. The van der Waals surface area contributed by atoms with Gasteiger partial charge in [0.15, 0.2) is 0 Å². The van der Waals surface area contributed by atoms with Crippen LogP contribution < -0.4 is 25.4 Å². The minimum atomic E-state index is -0.487. The molecule has 2 aromatic carbocycles. The first kappa shape index (κ1) is 23.5. The van der Waals surface area contributed by atoms with Crippen LogP contribution in [0.1, 0.15) is 24.4 Å². The number of hydrogen-bond acceptors (Lipinski definition) is 5. The third kappa shape index (κ3) is 4.86. The minimum absolute atomic E-state index is 0. The summed E-state index contributed by atoms with van der Waals surface area (Å²) in [6, 6.07) is 14.3. The molecule has 1 heterocycles. The van der Waals surface area contributed by atoms with Gasteiger partial charge < -0.3 is 25.4 Å². The van der Waals surface area contributed by atoms with Crippen LogP contribution in [0.5, 0.6) is 11.5 Å². The Balaban J connectivity index is 0.00000320. The number of rotatable bonds is 7. The van der Waals surface area contributed by atoms with Crippen molar-refractivity contribution in [3.8, 4) is 11.5 Å². The molecule has 162 valence electrons. The number of para-hydroxylation sites is 1. The smallest absolute Gasteiger partial charge is 0.227 e. The van der Waals surface area contributed by atoms with Crippen molar-refractivity contribution in [1.82, 2.24) is 5.32 Å². The largest absolute Gasteiger partial charge is 0.497 e. The van der Waals surface area contributed by atoms with Gasteiger partial charge in [0.1, 0.15) is 11.5 Å². The van der Waals surface area contributed by atoms with Crippen molar-refractivity contribution < 1.29 is 19.1 Å². The van der Waals surface area contributed by atoms with E-state index in [1.807, 2.05) is 36.4 Å². The van der Waals surface area contributed by atoms with Crippen molar-refractivity contribution in [2.24, 2.45) is 11.7 Å². The Bertz CT molecular complexity index is 860. The lowest BCUT2D eigenvalue weighted by molar-refractivity contribution is -0.129. The van der Waals surface area contributed by atoms with E-state index in [1.165, 1.54) is 0 Å². The van der Waals surface area contributed by atoms with Crippen molar-refractivity contribution in [1.29, 1.82) is 0 Å². The highest BCUT2D eigenvalue weighted by molar-refractivity contribution is 5.97. The van der Waals surface area contributed by atoms with Gasteiger partial charge in [-0.3, -0.25) is 9.59 Å². The minimum Gasteiger partial charge on any atom is -0.497 e. The average molecular weight is 434 g/mol. The highest BCUT2D eigenvalue weighted by atomic mass is 35.5. The topological polar surface area (TPSA) is 93.9 Å². The van der Waals surface area contributed by atoms with Gasteiger partial charge in [-0.15, -0.1) is 12.4 Å². The van der Waals surface area contributed by atoms with Crippen LogP contribution in [-0.4, -0.2) is 39.1 Å². The van der Waals surface area contributed by atoms with Gasteiger partial charge >= 0.3 is 0 Å². The molecule has 2 unspecified atom stereocenters. The molecule has 0 saturated carbocycles. The molecule has 30 heavy (non-hydrogen) atoms. The summed E-state index contributed by atoms with van der Waals surface area (Å²) in [5, 5.41) is 2.88. The lowest BCUT2D eigenvalue weighted by Gasteiger charge is -2.41. The van der Waals surface area contributed by atoms with Gasteiger partial charge in [0.25, 0.3) is 0 Å². The molecule has 0 aromatic heterocycles. The van der Waals surface area contributed by atoms with Crippen molar-refractivity contribution in [2.75, 3.05) is 32.2 Å². The molecule has 0 radical (unpaired) electrons. The molecule has 8 heteroatoms. The van der Waals surface area contributed by atoms with Crippen LogP contribution in [0.2, 0.25) is 0 Å². The van der Waals surface area contributed by atoms with Gasteiger partial charge in [0.2, 0.25) is 11.8 Å². The highest BCUT2D eigenvalue weighted by Crippen LogP contribution is 2.43. The van der Waals surface area contributed by atoms with E-state index in [0.717, 1.165) is 5.56 Å². The van der Waals surface area contributed by atoms with Crippen molar-refractivity contribution in [3.05, 3.63) is 54.1 Å². The summed E-state index contributed by atoms with van der Waals surface area (Å²) >= 11 is 0. The highest BCUT2D eigenvalue weighted by Gasteiger charge is 2.42. The molecule has 1 aliphatic heterocycles. The molecule has 0 aliphatic carbocycles. The molecule has 7 nitrogen and oxygen atoms in total. The van der Waals surface area contributed by atoms with E-state index >= 15 is 0 Å². The second-order valence-corrected chi connectivity index (χ2v) is 6.87. The summed E-state index contributed by atoms with van der Waals surface area (Å²) in [6.45, 7) is 0.753. The lowest BCUT2D eigenvalue weighted by Crippen LogP contribution is -2.49. The number of benzene rings is 2. The summed E-state index contributed by atoms with van der Waals surface area (Å²) < 4.78 is 10.8. The Labute approximate surface area is 182 Å². The molecular formula is C22H28ClN3O4. The molecule has 1 fully saturated rings. The summed E-state index contributed by atoms with van der Waals surface area (Å²) in [5.74, 6) is 0.774. The predicted molar refractivity (Wildman–Crippen MR) is 118 cm³/mol. The molecule has 3 N–H and O–H groups in total. The zero-order valence-corrected chi connectivity index (χ0v) is 18.0. The Morgan fingerprint density at radius 2 is 1.83 bits per heavy atom. The molecular weight excluding hydrogens is 406 g/mol. The fraction of sp³-hybridized carbons (Fsp3) is 0.364. The van der Waals surface area contributed by atoms with Crippen LogP contribution in [0, 0.1) is 5.92 Å². The van der Waals surface area contributed by atoms with Crippen LogP contribution in [-0.2, 0) is 9.59 Å². The van der Waals surface area contributed by atoms with E-state index < -0.39 is 12.0 Å². The predicted octanol–water partition coefficient (Wildman–Crippen LogP) is 2.68. The number of amides is 2. The number of methoxy groups -OCH3 is 2. The number of carbonyl (C=O) groups is 2.